The highest BCUT2D eigenvalue weighted by Crippen LogP contribution is 2.31. The lowest BCUT2D eigenvalue weighted by atomic mass is 9.92. The summed E-state index contributed by atoms with van der Waals surface area (Å²) in [5.74, 6) is -2.70. The summed E-state index contributed by atoms with van der Waals surface area (Å²) in [5, 5.41) is 18.8. The van der Waals surface area contributed by atoms with Crippen molar-refractivity contribution in [3.8, 4) is 0 Å². The quantitative estimate of drug-likeness (QED) is 0.237. The number of aromatic nitrogens is 2. The maximum Gasteiger partial charge on any atom is 0.490 e. The molecule has 44 heavy (non-hydrogen) atoms. The number of halogens is 3. The zero-order valence-corrected chi connectivity index (χ0v) is 23.8. The van der Waals surface area contributed by atoms with Crippen LogP contribution in [-0.4, -0.2) is 66.2 Å². The molecule has 6 rings (SSSR count). The fourth-order valence-electron chi connectivity index (χ4n) is 5.30. The first-order chi connectivity index (χ1) is 21.1. The monoisotopic (exact) mass is 604 g/mol. The van der Waals surface area contributed by atoms with Gasteiger partial charge in [0.2, 0.25) is 5.91 Å². The molecule has 0 spiro atoms. The summed E-state index contributed by atoms with van der Waals surface area (Å²) < 4.78 is 37.2. The molecule has 0 bridgehead atoms. The van der Waals surface area contributed by atoms with E-state index in [1.165, 1.54) is 5.69 Å². The molecule has 3 heterocycles. The number of nitrogens with zero attached hydrogens (tertiary/aromatic N) is 2. The fourth-order valence-corrected chi connectivity index (χ4v) is 5.30. The molecule has 2 atom stereocenters. The van der Waals surface area contributed by atoms with Crippen molar-refractivity contribution in [3.63, 3.8) is 0 Å². The number of methoxy groups -OCH3 is 1. The molecule has 2 saturated heterocycles. The average Bonchev–Trinajstić information content (AvgIpc) is 3.76. The van der Waals surface area contributed by atoms with E-state index in [0.29, 0.717) is 12.6 Å². The van der Waals surface area contributed by atoms with Crippen LogP contribution < -0.4 is 10.2 Å². The van der Waals surface area contributed by atoms with Crippen LogP contribution in [0.1, 0.15) is 34.7 Å². The van der Waals surface area contributed by atoms with Crippen LogP contribution in [-0.2, 0) is 14.3 Å². The van der Waals surface area contributed by atoms with Crippen molar-refractivity contribution in [3.05, 3.63) is 101 Å². The van der Waals surface area contributed by atoms with Crippen LogP contribution in [0.4, 0.5) is 18.9 Å². The summed E-state index contributed by atoms with van der Waals surface area (Å²) >= 11 is 0. The Morgan fingerprint density at radius 1 is 1.05 bits per heavy atom. The van der Waals surface area contributed by atoms with Gasteiger partial charge in [-0.05, 0) is 59.5 Å². The molecule has 228 valence electrons. The Morgan fingerprint density at radius 2 is 1.75 bits per heavy atom. The molecule has 11 heteroatoms. The molecule has 2 aliphatic heterocycles. The number of hydrogen-bond acceptors (Lipinski definition) is 5. The number of aromatic amines is 1. The molecule has 0 radical (unpaired) electrons. The van der Waals surface area contributed by atoms with Crippen molar-refractivity contribution in [1.29, 1.82) is 0 Å². The van der Waals surface area contributed by atoms with Gasteiger partial charge < -0.3 is 20.1 Å². The summed E-state index contributed by atoms with van der Waals surface area (Å²) in [6.45, 7) is 2.60. The molecule has 8 nitrogen and oxygen atoms in total. The summed E-state index contributed by atoms with van der Waals surface area (Å²) in [5.41, 5.74) is 7.11. The van der Waals surface area contributed by atoms with Gasteiger partial charge in [-0.15, -0.1) is 0 Å². The van der Waals surface area contributed by atoms with Gasteiger partial charge in [0.1, 0.15) is 0 Å². The summed E-state index contributed by atoms with van der Waals surface area (Å²) in [6, 6.07) is 25.0. The van der Waals surface area contributed by atoms with Gasteiger partial charge in [0, 0.05) is 49.3 Å². The number of H-pyrrole nitrogens is 1. The summed E-state index contributed by atoms with van der Waals surface area (Å²) in [4.78, 5) is 23.8. The molecule has 0 aliphatic carbocycles. The Kier molecular flexibility index (Phi) is 9.15. The van der Waals surface area contributed by atoms with Gasteiger partial charge in [0.25, 0.3) is 0 Å². The van der Waals surface area contributed by atoms with Gasteiger partial charge in [0.15, 0.2) is 0 Å². The lowest BCUT2D eigenvalue weighted by Crippen LogP contribution is -2.21. The Bertz CT molecular complexity index is 1680. The molecule has 1 amide bonds. The van der Waals surface area contributed by atoms with Crippen LogP contribution >= 0.6 is 0 Å². The van der Waals surface area contributed by atoms with Crippen LogP contribution in [0.15, 0.2) is 78.4 Å². The number of ether oxygens (including phenoxy) is 1. The topological polar surface area (TPSA) is 108 Å². The minimum Gasteiger partial charge on any atom is -0.475 e. The number of aliphatic carboxylic acids is 1. The van der Waals surface area contributed by atoms with Crippen LogP contribution in [0, 0.1) is 0 Å². The molecule has 4 aromatic rings. The van der Waals surface area contributed by atoms with E-state index in [0.717, 1.165) is 58.4 Å². The number of benzene rings is 3. The highest BCUT2D eigenvalue weighted by molar-refractivity contribution is 6.02. The van der Waals surface area contributed by atoms with Crippen molar-refractivity contribution in [1.82, 2.24) is 15.5 Å². The number of rotatable bonds is 6. The highest BCUT2D eigenvalue weighted by Gasteiger charge is 2.38. The number of hydrogen-bond donors (Lipinski definition) is 3. The zero-order valence-electron chi connectivity index (χ0n) is 23.8. The Labute approximate surface area is 251 Å². The van der Waals surface area contributed by atoms with Gasteiger partial charge >= 0.3 is 12.1 Å². The minimum atomic E-state index is -5.08. The normalized spacial score (nSPS) is 19.4. The fraction of sp³-hybridized carbons (Fsp3) is 0.242. The Morgan fingerprint density at radius 3 is 2.41 bits per heavy atom. The van der Waals surface area contributed by atoms with E-state index < -0.39 is 12.1 Å². The van der Waals surface area contributed by atoms with Crippen molar-refractivity contribution in [2.24, 2.45) is 0 Å². The Hall–Kier alpha value is -4.90. The van der Waals surface area contributed by atoms with E-state index in [1.54, 1.807) is 7.11 Å². The second kappa shape index (κ2) is 13.2. The largest absolute Gasteiger partial charge is 0.490 e. The molecule has 0 saturated carbocycles. The number of amides is 1. The highest BCUT2D eigenvalue weighted by atomic mass is 19.4. The van der Waals surface area contributed by atoms with Crippen LogP contribution in [0.25, 0.3) is 29.1 Å². The number of anilines is 1. The van der Waals surface area contributed by atoms with E-state index in [-0.39, 0.29) is 11.8 Å². The second-order valence-corrected chi connectivity index (χ2v) is 10.5. The number of carbonyl (C=O) groups excluding carboxylic acids is 1. The zero-order chi connectivity index (χ0) is 31.3. The van der Waals surface area contributed by atoms with E-state index in [9.17, 15) is 18.0 Å². The van der Waals surface area contributed by atoms with E-state index >= 15 is 0 Å². The van der Waals surface area contributed by atoms with Gasteiger partial charge in [-0.1, -0.05) is 54.6 Å². The van der Waals surface area contributed by atoms with Gasteiger partial charge in [-0.25, -0.2) is 4.79 Å². The van der Waals surface area contributed by atoms with Crippen molar-refractivity contribution < 1.29 is 32.6 Å². The molecule has 2 fully saturated rings. The molecule has 1 aromatic heterocycles. The molecule has 3 N–H and O–H groups in total. The summed E-state index contributed by atoms with van der Waals surface area (Å²) in [6.07, 6.45) is 2.43. The Balaban J connectivity index is 0.000000493. The van der Waals surface area contributed by atoms with Gasteiger partial charge in [0.05, 0.1) is 17.3 Å². The predicted molar refractivity (Wildman–Crippen MR) is 163 cm³/mol. The van der Waals surface area contributed by atoms with Crippen LogP contribution in [0.5, 0.6) is 0 Å². The lowest BCUT2D eigenvalue weighted by Gasteiger charge is -2.18. The van der Waals surface area contributed by atoms with Crippen molar-refractivity contribution in [2.45, 2.75) is 24.6 Å². The maximum absolute atomic E-state index is 12.6. The van der Waals surface area contributed by atoms with Crippen molar-refractivity contribution in [2.75, 3.05) is 31.6 Å². The van der Waals surface area contributed by atoms with Crippen LogP contribution in [0.2, 0.25) is 0 Å². The second-order valence-electron chi connectivity index (χ2n) is 10.5. The number of carbonyl (C=O) groups is 2. The molecular formula is C33H31F3N4O4. The number of alkyl halides is 3. The predicted octanol–water partition coefficient (Wildman–Crippen LogP) is 5.89. The molecule has 3 aromatic carbocycles. The SMILES string of the molecule is COC1CCN(c2ccc(C=Cc3n[nH]c4cc(C=C5C(=O)NCC5c5ccccc5)ccc34)cc2)C1.O=C(O)C(F)(F)F. The first-order valence-electron chi connectivity index (χ1n) is 14.0. The summed E-state index contributed by atoms with van der Waals surface area (Å²) in [7, 11) is 1.79. The number of carboxylic acid groups (broad SMARTS) is 1. The molecule has 2 aliphatic rings. The first-order valence-corrected chi connectivity index (χ1v) is 14.0. The minimum absolute atomic E-state index is 0.00329. The van der Waals surface area contributed by atoms with E-state index in [4.69, 9.17) is 14.6 Å². The number of carboxylic acids is 1. The standard InChI is InChI=1S/C31H30N4O2.C2HF3O2/c1-37-25-15-16-35(20-25)24-11-7-21(8-12-24)10-14-29-26-13-9-22(18-30(26)34-33-29)17-27-28(19-32-31(27)36)23-5-3-2-4-6-23;3-2(4,5)1(6)7/h2-14,17-18,25,28H,15-16,19-20H2,1H3,(H,32,36)(H,33,34);(H,6,7). The van der Waals surface area contributed by atoms with Gasteiger partial charge in [-0.2, -0.15) is 18.3 Å². The maximum atomic E-state index is 12.6. The smallest absolute Gasteiger partial charge is 0.475 e. The van der Waals surface area contributed by atoms with E-state index in [2.05, 4.69) is 75.0 Å². The first kappa shape index (κ1) is 30.6. The third-order valence-electron chi connectivity index (χ3n) is 7.66. The average molecular weight is 605 g/mol. The van der Waals surface area contributed by atoms with Crippen LogP contribution in [0.3, 0.4) is 0 Å². The molecule has 2 unspecified atom stereocenters. The molecular weight excluding hydrogens is 573 g/mol. The lowest BCUT2D eigenvalue weighted by molar-refractivity contribution is -0.192. The van der Waals surface area contributed by atoms with E-state index in [1.807, 2.05) is 36.4 Å². The third-order valence-corrected chi connectivity index (χ3v) is 7.66. The third kappa shape index (κ3) is 7.17. The van der Waals surface area contributed by atoms with Crippen molar-refractivity contribution >= 4 is 46.7 Å². The number of fused-ring (bicyclic) bond motifs is 1. The number of nitrogens with one attached hydrogen (secondary N) is 2. The van der Waals surface area contributed by atoms with Gasteiger partial charge in [-0.3, -0.25) is 9.89 Å².